The number of methoxy groups -OCH3 is 1. The summed E-state index contributed by atoms with van der Waals surface area (Å²) in [5.74, 6) is 0.866. The fraction of sp³-hybridized carbons (Fsp3) is 0.500. The van der Waals surface area contributed by atoms with Gasteiger partial charge in [0.05, 0.1) is 12.8 Å². The molecule has 0 amide bonds. The van der Waals surface area contributed by atoms with Gasteiger partial charge in [0.15, 0.2) is 0 Å². The first-order valence-electron chi connectivity index (χ1n) is 5.20. The van der Waals surface area contributed by atoms with Gasteiger partial charge >= 0.3 is 0 Å². The fourth-order valence-electron chi connectivity index (χ4n) is 2.11. The van der Waals surface area contributed by atoms with Gasteiger partial charge in [-0.1, -0.05) is 13.8 Å². The Kier molecular flexibility index (Phi) is 2.25. The van der Waals surface area contributed by atoms with Crippen LogP contribution in [-0.4, -0.2) is 20.2 Å². The summed E-state index contributed by atoms with van der Waals surface area (Å²) in [6.07, 6.45) is 0. The molecule has 0 saturated carbocycles. The van der Waals surface area contributed by atoms with E-state index in [4.69, 9.17) is 10.5 Å². The molecule has 0 spiro atoms. The predicted molar refractivity (Wildman–Crippen MR) is 63.4 cm³/mol. The maximum atomic E-state index is 5.72. The molecule has 1 fully saturated rings. The molecule has 82 valence electrons. The van der Waals surface area contributed by atoms with Gasteiger partial charge in [-0.15, -0.1) is 0 Å². The molecular weight excluding hydrogens is 188 g/mol. The SMILES string of the molecule is COc1cc(N)ccc1N1CC(C)(C)C1. The van der Waals surface area contributed by atoms with Crippen LogP contribution in [0, 0.1) is 5.41 Å². The minimum atomic E-state index is 0.423. The highest BCUT2D eigenvalue weighted by Crippen LogP contribution is 2.39. The zero-order chi connectivity index (χ0) is 11.1. The second-order valence-corrected chi connectivity index (χ2v) is 4.95. The summed E-state index contributed by atoms with van der Waals surface area (Å²) in [4.78, 5) is 2.32. The first kappa shape index (κ1) is 10.1. The van der Waals surface area contributed by atoms with Crippen LogP contribution in [0.2, 0.25) is 0 Å². The monoisotopic (exact) mass is 206 g/mol. The molecule has 2 N–H and O–H groups in total. The Morgan fingerprint density at radius 2 is 2.00 bits per heavy atom. The van der Waals surface area contributed by atoms with E-state index in [0.717, 1.165) is 30.2 Å². The van der Waals surface area contributed by atoms with Gasteiger partial charge in [0, 0.05) is 24.8 Å². The van der Waals surface area contributed by atoms with Gasteiger partial charge in [-0.3, -0.25) is 0 Å². The number of rotatable bonds is 2. The van der Waals surface area contributed by atoms with E-state index in [1.807, 2.05) is 18.2 Å². The lowest BCUT2D eigenvalue weighted by atomic mass is 9.84. The average Bonchev–Trinajstić information content (AvgIpc) is 2.14. The highest BCUT2D eigenvalue weighted by atomic mass is 16.5. The van der Waals surface area contributed by atoms with E-state index >= 15 is 0 Å². The molecule has 1 saturated heterocycles. The van der Waals surface area contributed by atoms with Crippen molar-refractivity contribution >= 4 is 11.4 Å². The largest absolute Gasteiger partial charge is 0.495 e. The van der Waals surface area contributed by atoms with Crippen LogP contribution in [0.5, 0.6) is 5.75 Å². The molecule has 1 aliphatic rings. The maximum Gasteiger partial charge on any atom is 0.144 e. The van der Waals surface area contributed by atoms with Gasteiger partial charge in [0.2, 0.25) is 0 Å². The zero-order valence-electron chi connectivity index (χ0n) is 9.58. The van der Waals surface area contributed by atoms with Crippen LogP contribution in [0.4, 0.5) is 11.4 Å². The normalized spacial score (nSPS) is 18.5. The Morgan fingerprint density at radius 1 is 1.33 bits per heavy atom. The summed E-state index contributed by atoms with van der Waals surface area (Å²) in [6, 6.07) is 5.83. The van der Waals surface area contributed by atoms with Crippen LogP contribution >= 0.6 is 0 Å². The van der Waals surface area contributed by atoms with E-state index in [2.05, 4.69) is 18.7 Å². The van der Waals surface area contributed by atoms with E-state index in [0.29, 0.717) is 5.41 Å². The summed E-state index contributed by atoms with van der Waals surface area (Å²) < 4.78 is 5.33. The number of nitrogens with two attached hydrogens (primary N) is 1. The molecule has 0 bridgehead atoms. The molecule has 1 aromatic carbocycles. The van der Waals surface area contributed by atoms with Crippen molar-refractivity contribution in [3.05, 3.63) is 18.2 Å². The van der Waals surface area contributed by atoms with E-state index < -0.39 is 0 Å². The Hall–Kier alpha value is -1.38. The molecule has 15 heavy (non-hydrogen) atoms. The van der Waals surface area contributed by atoms with Crippen LogP contribution < -0.4 is 15.4 Å². The summed E-state index contributed by atoms with van der Waals surface area (Å²) >= 11 is 0. The van der Waals surface area contributed by atoms with Gasteiger partial charge in [0.1, 0.15) is 5.75 Å². The van der Waals surface area contributed by atoms with E-state index in [-0.39, 0.29) is 0 Å². The number of ether oxygens (including phenoxy) is 1. The minimum absolute atomic E-state index is 0.423. The third-order valence-corrected chi connectivity index (χ3v) is 2.78. The fourth-order valence-corrected chi connectivity index (χ4v) is 2.11. The van der Waals surface area contributed by atoms with E-state index in [9.17, 15) is 0 Å². The lowest BCUT2D eigenvalue weighted by Crippen LogP contribution is -2.53. The van der Waals surface area contributed by atoms with Crippen LogP contribution in [0.15, 0.2) is 18.2 Å². The molecule has 0 aliphatic carbocycles. The lowest BCUT2D eigenvalue weighted by Gasteiger charge is -2.47. The summed E-state index contributed by atoms with van der Waals surface area (Å²) in [5.41, 5.74) is 8.03. The second-order valence-electron chi connectivity index (χ2n) is 4.95. The molecule has 3 nitrogen and oxygen atoms in total. The summed E-state index contributed by atoms with van der Waals surface area (Å²) in [6.45, 7) is 6.70. The molecule has 1 aromatic rings. The van der Waals surface area contributed by atoms with Crippen LogP contribution in [0.3, 0.4) is 0 Å². The lowest BCUT2D eigenvalue weighted by molar-refractivity contribution is 0.273. The Morgan fingerprint density at radius 3 is 2.53 bits per heavy atom. The first-order valence-corrected chi connectivity index (χ1v) is 5.20. The Balaban J connectivity index is 2.22. The molecule has 0 aromatic heterocycles. The van der Waals surface area contributed by atoms with Crippen molar-refractivity contribution in [3.63, 3.8) is 0 Å². The highest BCUT2D eigenvalue weighted by Gasteiger charge is 2.35. The Bertz CT molecular complexity index is 366. The maximum absolute atomic E-state index is 5.72. The first-order chi connectivity index (χ1) is 7.02. The summed E-state index contributed by atoms with van der Waals surface area (Å²) in [5, 5.41) is 0. The van der Waals surface area contributed by atoms with Gasteiger partial charge in [-0.05, 0) is 17.5 Å². The summed E-state index contributed by atoms with van der Waals surface area (Å²) in [7, 11) is 1.68. The van der Waals surface area contributed by atoms with Crippen LogP contribution in [0.25, 0.3) is 0 Å². The van der Waals surface area contributed by atoms with E-state index in [1.165, 1.54) is 0 Å². The molecule has 3 heteroatoms. The van der Waals surface area contributed by atoms with Crippen molar-refractivity contribution in [2.45, 2.75) is 13.8 Å². The zero-order valence-corrected chi connectivity index (χ0v) is 9.58. The van der Waals surface area contributed by atoms with Crippen LogP contribution in [0.1, 0.15) is 13.8 Å². The average molecular weight is 206 g/mol. The van der Waals surface area contributed by atoms with E-state index in [1.54, 1.807) is 7.11 Å². The van der Waals surface area contributed by atoms with Crippen LogP contribution in [-0.2, 0) is 0 Å². The highest BCUT2D eigenvalue weighted by molar-refractivity contribution is 5.65. The van der Waals surface area contributed by atoms with Crippen molar-refractivity contribution < 1.29 is 4.74 Å². The van der Waals surface area contributed by atoms with Gasteiger partial charge in [-0.25, -0.2) is 0 Å². The molecule has 0 atom stereocenters. The van der Waals surface area contributed by atoms with Gasteiger partial charge in [0.25, 0.3) is 0 Å². The number of hydrogen-bond donors (Lipinski definition) is 1. The number of hydrogen-bond acceptors (Lipinski definition) is 3. The number of nitrogens with zero attached hydrogens (tertiary/aromatic N) is 1. The molecular formula is C12H18N2O. The number of benzene rings is 1. The molecule has 0 radical (unpaired) electrons. The Labute approximate surface area is 90.8 Å². The third kappa shape index (κ3) is 1.87. The van der Waals surface area contributed by atoms with Crippen molar-refractivity contribution in [1.82, 2.24) is 0 Å². The smallest absolute Gasteiger partial charge is 0.144 e. The third-order valence-electron chi connectivity index (χ3n) is 2.78. The quantitative estimate of drug-likeness (QED) is 0.753. The number of anilines is 2. The molecule has 2 rings (SSSR count). The van der Waals surface area contributed by atoms with Crippen molar-refractivity contribution in [1.29, 1.82) is 0 Å². The van der Waals surface area contributed by atoms with Crippen molar-refractivity contribution in [2.24, 2.45) is 5.41 Å². The molecule has 0 unspecified atom stereocenters. The minimum Gasteiger partial charge on any atom is -0.495 e. The van der Waals surface area contributed by atoms with Gasteiger partial charge < -0.3 is 15.4 Å². The number of nitrogen functional groups attached to an aromatic ring is 1. The standard InChI is InChI=1S/C12H18N2O/c1-12(2)7-14(8-12)10-5-4-9(13)6-11(10)15-3/h4-6H,7-8,13H2,1-3H3. The molecule has 1 aliphatic heterocycles. The predicted octanol–water partition coefficient (Wildman–Crippen LogP) is 2.12. The van der Waals surface area contributed by atoms with Crippen molar-refractivity contribution in [3.8, 4) is 5.75 Å². The molecule has 1 heterocycles. The second kappa shape index (κ2) is 3.33. The van der Waals surface area contributed by atoms with Gasteiger partial charge in [-0.2, -0.15) is 0 Å². The topological polar surface area (TPSA) is 38.5 Å². The van der Waals surface area contributed by atoms with Crippen molar-refractivity contribution in [2.75, 3.05) is 30.8 Å².